The van der Waals surface area contributed by atoms with Gasteiger partial charge in [-0.2, -0.15) is 5.10 Å². The van der Waals surface area contributed by atoms with E-state index in [0.717, 1.165) is 22.4 Å². The first kappa shape index (κ1) is 23.9. The lowest BCUT2D eigenvalue weighted by Crippen LogP contribution is -2.17. The van der Waals surface area contributed by atoms with Crippen LogP contribution in [0.1, 0.15) is 52.4 Å². The average Bonchev–Trinajstić information content (AvgIpc) is 2.82. The Labute approximate surface area is 195 Å². The second kappa shape index (κ2) is 11.2. The fourth-order valence-corrected chi connectivity index (χ4v) is 3.31. The lowest BCUT2D eigenvalue weighted by molar-refractivity contribution is 0.0955. The molecule has 6 nitrogen and oxygen atoms in total. The first-order valence-electron chi connectivity index (χ1n) is 10.8. The van der Waals surface area contributed by atoms with Gasteiger partial charge in [0.15, 0.2) is 0 Å². The first-order valence-corrected chi connectivity index (χ1v) is 10.8. The maximum Gasteiger partial charge on any atom is 0.271 e. The molecule has 0 aliphatic heterocycles. The van der Waals surface area contributed by atoms with Crippen LogP contribution in [0.15, 0.2) is 65.8 Å². The number of hydrazone groups is 1. The molecule has 0 saturated carbocycles. The smallest absolute Gasteiger partial charge is 0.271 e. The molecule has 0 spiro atoms. The number of nitrogens with one attached hydrogen (secondary N) is 1. The fraction of sp³-hybridized carbons (Fsp3) is 0.259. The zero-order valence-electron chi connectivity index (χ0n) is 19.7. The summed E-state index contributed by atoms with van der Waals surface area (Å²) in [6.07, 6.45) is 1.53. The van der Waals surface area contributed by atoms with Gasteiger partial charge >= 0.3 is 0 Å². The highest BCUT2D eigenvalue weighted by Crippen LogP contribution is 2.28. The van der Waals surface area contributed by atoms with Crippen LogP contribution in [0.3, 0.4) is 0 Å². The monoisotopic (exact) mass is 446 g/mol. The number of methoxy groups -OCH3 is 2. The third-order valence-electron chi connectivity index (χ3n) is 5.21. The maximum absolute atomic E-state index is 12.4. The third kappa shape index (κ3) is 6.35. The van der Waals surface area contributed by atoms with Crippen LogP contribution < -0.4 is 19.6 Å². The number of carbonyl (C=O) groups is 1. The number of amides is 1. The Kier molecular flexibility index (Phi) is 8.08. The standard InChI is InChI=1S/C27H30N2O4/c1-18(2)24-13-6-19(3)14-26(24)33-17-20-7-9-21(10-8-20)27(30)29-28-16-22-11-12-23(31-4)15-25(22)32-5/h6-16,18H,17H2,1-5H3,(H,29,30). The molecule has 0 aliphatic rings. The largest absolute Gasteiger partial charge is 0.497 e. The van der Waals surface area contributed by atoms with Gasteiger partial charge in [0.1, 0.15) is 23.9 Å². The molecule has 3 aromatic carbocycles. The zero-order chi connectivity index (χ0) is 23.8. The van der Waals surface area contributed by atoms with Gasteiger partial charge in [0.2, 0.25) is 0 Å². The summed E-state index contributed by atoms with van der Waals surface area (Å²) in [5.41, 5.74) is 7.10. The molecule has 0 atom stereocenters. The molecule has 3 rings (SSSR count). The minimum atomic E-state index is -0.299. The Hall–Kier alpha value is -3.80. The number of ether oxygens (including phenoxy) is 3. The van der Waals surface area contributed by atoms with Crippen LogP contribution in [-0.4, -0.2) is 26.3 Å². The number of nitrogens with zero attached hydrogens (tertiary/aromatic N) is 1. The van der Waals surface area contributed by atoms with Gasteiger partial charge in [-0.15, -0.1) is 0 Å². The van der Waals surface area contributed by atoms with Gasteiger partial charge in [0.05, 0.1) is 20.4 Å². The van der Waals surface area contributed by atoms with Crippen molar-refractivity contribution in [3.8, 4) is 17.2 Å². The minimum absolute atomic E-state index is 0.299. The van der Waals surface area contributed by atoms with Crippen LogP contribution in [0.2, 0.25) is 0 Å². The normalized spacial score (nSPS) is 11.0. The zero-order valence-corrected chi connectivity index (χ0v) is 19.7. The summed E-state index contributed by atoms with van der Waals surface area (Å²) in [5.74, 6) is 2.26. The highest BCUT2D eigenvalue weighted by Gasteiger charge is 2.09. The van der Waals surface area contributed by atoms with Crippen LogP contribution in [-0.2, 0) is 6.61 Å². The Balaban J connectivity index is 1.60. The van der Waals surface area contributed by atoms with E-state index in [0.29, 0.717) is 29.6 Å². The van der Waals surface area contributed by atoms with Crippen molar-refractivity contribution in [2.24, 2.45) is 5.10 Å². The van der Waals surface area contributed by atoms with Gasteiger partial charge in [-0.3, -0.25) is 4.79 Å². The molecule has 0 fully saturated rings. The molecule has 3 aromatic rings. The van der Waals surface area contributed by atoms with E-state index in [2.05, 4.69) is 49.5 Å². The van der Waals surface area contributed by atoms with Crippen molar-refractivity contribution < 1.29 is 19.0 Å². The van der Waals surface area contributed by atoms with E-state index in [1.807, 2.05) is 12.1 Å². The maximum atomic E-state index is 12.4. The number of carbonyl (C=O) groups excluding carboxylic acids is 1. The topological polar surface area (TPSA) is 69.2 Å². The van der Waals surface area contributed by atoms with Crippen molar-refractivity contribution >= 4 is 12.1 Å². The number of aryl methyl sites for hydroxylation is 1. The molecule has 0 aliphatic carbocycles. The fourth-order valence-electron chi connectivity index (χ4n) is 3.31. The summed E-state index contributed by atoms with van der Waals surface area (Å²) in [6, 6.07) is 18.9. The van der Waals surface area contributed by atoms with Gasteiger partial charge in [0.25, 0.3) is 5.91 Å². The van der Waals surface area contributed by atoms with E-state index in [1.165, 1.54) is 11.8 Å². The van der Waals surface area contributed by atoms with Crippen LogP contribution in [0.4, 0.5) is 0 Å². The third-order valence-corrected chi connectivity index (χ3v) is 5.21. The van der Waals surface area contributed by atoms with E-state index >= 15 is 0 Å². The van der Waals surface area contributed by atoms with Crippen LogP contribution >= 0.6 is 0 Å². The molecule has 0 bridgehead atoms. The Morgan fingerprint density at radius 2 is 1.73 bits per heavy atom. The number of hydrogen-bond acceptors (Lipinski definition) is 5. The Morgan fingerprint density at radius 1 is 0.970 bits per heavy atom. The summed E-state index contributed by atoms with van der Waals surface area (Å²) < 4.78 is 16.6. The van der Waals surface area contributed by atoms with E-state index in [4.69, 9.17) is 14.2 Å². The van der Waals surface area contributed by atoms with Crippen molar-refractivity contribution in [1.29, 1.82) is 0 Å². The van der Waals surface area contributed by atoms with Crippen molar-refractivity contribution in [3.63, 3.8) is 0 Å². The molecule has 0 unspecified atom stereocenters. The van der Waals surface area contributed by atoms with Crippen molar-refractivity contribution in [1.82, 2.24) is 5.43 Å². The highest BCUT2D eigenvalue weighted by atomic mass is 16.5. The second-order valence-electron chi connectivity index (χ2n) is 7.99. The van der Waals surface area contributed by atoms with Gasteiger partial charge in [0, 0.05) is 17.2 Å². The van der Waals surface area contributed by atoms with Crippen molar-refractivity contribution in [2.75, 3.05) is 14.2 Å². The molecule has 33 heavy (non-hydrogen) atoms. The quantitative estimate of drug-likeness (QED) is 0.349. The lowest BCUT2D eigenvalue weighted by atomic mass is 10.0. The van der Waals surface area contributed by atoms with Gasteiger partial charge in [-0.05, 0) is 59.9 Å². The Morgan fingerprint density at radius 3 is 2.39 bits per heavy atom. The van der Waals surface area contributed by atoms with E-state index in [1.54, 1.807) is 44.6 Å². The summed E-state index contributed by atoms with van der Waals surface area (Å²) in [6.45, 7) is 6.79. The second-order valence-corrected chi connectivity index (χ2v) is 7.99. The molecule has 172 valence electrons. The van der Waals surface area contributed by atoms with Crippen molar-refractivity contribution in [2.45, 2.75) is 33.3 Å². The van der Waals surface area contributed by atoms with E-state index in [-0.39, 0.29) is 5.91 Å². The molecule has 1 N–H and O–H groups in total. The minimum Gasteiger partial charge on any atom is -0.497 e. The molecule has 1 amide bonds. The molecule has 0 saturated heterocycles. The summed E-state index contributed by atoms with van der Waals surface area (Å²) in [5, 5.41) is 4.04. The van der Waals surface area contributed by atoms with Gasteiger partial charge in [-0.25, -0.2) is 5.43 Å². The molecule has 0 radical (unpaired) electrons. The predicted molar refractivity (Wildman–Crippen MR) is 131 cm³/mol. The molecule has 0 heterocycles. The Bertz CT molecular complexity index is 1120. The van der Waals surface area contributed by atoms with Crippen LogP contribution in [0.25, 0.3) is 0 Å². The number of hydrogen-bond donors (Lipinski definition) is 1. The molecule has 6 heteroatoms. The molecular weight excluding hydrogens is 416 g/mol. The lowest BCUT2D eigenvalue weighted by Gasteiger charge is -2.15. The summed E-state index contributed by atoms with van der Waals surface area (Å²) in [4.78, 5) is 12.4. The molecular formula is C27H30N2O4. The van der Waals surface area contributed by atoms with Crippen LogP contribution in [0.5, 0.6) is 17.2 Å². The SMILES string of the molecule is COc1ccc(C=NNC(=O)c2ccc(COc3cc(C)ccc3C(C)C)cc2)c(OC)c1. The van der Waals surface area contributed by atoms with Crippen LogP contribution in [0, 0.1) is 6.92 Å². The van der Waals surface area contributed by atoms with Crippen molar-refractivity contribution in [3.05, 3.63) is 88.5 Å². The number of rotatable bonds is 9. The van der Waals surface area contributed by atoms with Gasteiger partial charge < -0.3 is 14.2 Å². The predicted octanol–water partition coefficient (Wildman–Crippen LogP) is 5.48. The number of benzene rings is 3. The van der Waals surface area contributed by atoms with E-state index in [9.17, 15) is 4.79 Å². The summed E-state index contributed by atoms with van der Waals surface area (Å²) >= 11 is 0. The average molecular weight is 447 g/mol. The van der Waals surface area contributed by atoms with E-state index < -0.39 is 0 Å². The molecule has 0 aromatic heterocycles. The summed E-state index contributed by atoms with van der Waals surface area (Å²) in [7, 11) is 3.16. The first-order chi connectivity index (χ1) is 15.9. The van der Waals surface area contributed by atoms with Gasteiger partial charge in [-0.1, -0.05) is 38.1 Å². The highest BCUT2D eigenvalue weighted by molar-refractivity contribution is 5.95.